The summed E-state index contributed by atoms with van der Waals surface area (Å²) in [6.45, 7) is 5.59. The quantitative estimate of drug-likeness (QED) is 0.889. The maximum Gasteiger partial charge on any atom is 0.308 e. The average molecular weight is 261 g/mol. The van der Waals surface area contributed by atoms with Crippen LogP contribution in [-0.4, -0.2) is 23.0 Å². The molecule has 19 heavy (non-hydrogen) atoms. The van der Waals surface area contributed by atoms with Gasteiger partial charge in [-0.05, 0) is 31.4 Å². The first-order valence-corrected chi connectivity index (χ1v) is 6.54. The monoisotopic (exact) mass is 261 g/mol. The fourth-order valence-corrected chi connectivity index (χ4v) is 3.00. The standard InChI is InChI=1S/C15H19NO3/c1-9-6-4-5-7-12(9)16-11(3)14(15(18)19)10(2)8-13(16)17/h4-7,10-11,14H,8H2,1-3H3,(H,18,19). The molecule has 4 nitrogen and oxygen atoms in total. The van der Waals surface area contributed by atoms with Crippen LogP contribution in [-0.2, 0) is 9.59 Å². The van der Waals surface area contributed by atoms with Crippen molar-refractivity contribution >= 4 is 17.6 Å². The van der Waals surface area contributed by atoms with Crippen LogP contribution in [0, 0.1) is 18.8 Å². The summed E-state index contributed by atoms with van der Waals surface area (Å²) in [5.41, 5.74) is 1.81. The van der Waals surface area contributed by atoms with E-state index in [4.69, 9.17) is 0 Å². The Bertz CT molecular complexity index is 512. The summed E-state index contributed by atoms with van der Waals surface area (Å²) in [7, 11) is 0. The Morgan fingerprint density at radius 2 is 1.95 bits per heavy atom. The van der Waals surface area contributed by atoms with Crippen molar-refractivity contribution in [1.29, 1.82) is 0 Å². The molecule has 1 saturated heterocycles. The van der Waals surface area contributed by atoms with Crippen LogP contribution >= 0.6 is 0 Å². The fraction of sp³-hybridized carbons (Fsp3) is 0.467. The molecular formula is C15H19NO3. The average Bonchev–Trinajstić information content (AvgIpc) is 2.30. The van der Waals surface area contributed by atoms with E-state index in [0.717, 1.165) is 11.3 Å². The predicted octanol–water partition coefficient (Wildman–Crippen LogP) is 2.46. The molecule has 1 heterocycles. The van der Waals surface area contributed by atoms with E-state index in [9.17, 15) is 14.7 Å². The van der Waals surface area contributed by atoms with Crippen molar-refractivity contribution in [1.82, 2.24) is 0 Å². The van der Waals surface area contributed by atoms with Crippen LogP contribution in [0.3, 0.4) is 0 Å². The number of para-hydroxylation sites is 1. The summed E-state index contributed by atoms with van der Waals surface area (Å²) in [5.74, 6) is -1.46. The highest BCUT2D eigenvalue weighted by molar-refractivity contribution is 5.97. The summed E-state index contributed by atoms with van der Waals surface area (Å²) >= 11 is 0. The Labute approximate surface area is 113 Å². The minimum Gasteiger partial charge on any atom is -0.481 e. The number of carbonyl (C=O) groups excluding carboxylic acids is 1. The summed E-state index contributed by atoms with van der Waals surface area (Å²) in [6, 6.07) is 7.27. The number of piperidine rings is 1. The maximum absolute atomic E-state index is 12.3. The van der Waals surface area contributed by atoms with E-state index in [2.05, 4.69) is 0 Å². The number of rotatable bonds is 2. The van der Waals surface area contributed by atoms with Gasteiger partial charge in [0.25, 0.3) is 0 Å². The van der Waals surface area contributed by atoms with Crippen LogP contribution in [0.5, 0.6) is 0 Å². The van der Waals surface area contributed by atoms with Crippen LogP contribution in [0.15, 0.2) is 24.3 Å². The molecule has 0 radical (unpaired) electrons. The first-order chi connectivity index (χ1) is 8.93. The van der Waals surface area contributed by atoms with Gasteiger partial charge in [-0.15, -0.1) is 0 Å². The maximum atomic E-state index is 12.3. The summed E-state index contributed by atoms with van der Waals surface area (Å²) in [4.78, 5) is 25.3. The molecule has 1 aromatic carbocycles. The van der Waals surface area contributed by atoms with Crippen molar-refractivity contribution in [2.45, 2.75) is 33.2 Å². The molecular weight excluding hydrogens is 242 g/mol. The number of benzene rings is 1. The molecule has 0 aromatic heterocycles. The number of aryl methyl sites for hydroxylation is 1. The molecule has 0 spiro atoms. The van der Waals surface area contributed by atoms with E-state index in [0.29, 0.717) is 0 Å². The van der Waals surface area contributed by atoms with Gasteiger partial charge in [0.05, 0.1) is 5.92 Å². The first kappa shape index (κ1) is 13.6. The van der Waals surface area contributed by atoms with Crippen LogP contribution in [0.2, 0.25) is 0 Å². The van der Waals surface area contributed by atoms with Gasteiger partial charge in [0.1, 0.15) is 0 Å². The van der Waals surface area contributed by atoms with E-state index >= 15 is 0 Å². The molecule has 2 rings (SSSR count). The van der Waals surface area contributed by atoms with Gasteiger partial charge in [-0.2, -0.15) is 0 Å². The van der Waals surface area contributed by atoms with Gasteiger partial charge in [0, 0.05) is 18.2 Å². The highest BCUT2D eigenvalue weighted by atomic mass is 16.4. The van der Waals surface area contributed by atoms with Crippen LogP contribution in [0.25, 0.3) is 0 Å². The van der Waals surface area contributed by atoms with E-state index in [1.807, 2.05) is 45.0 Å². The van der Waals surface area contributed by atoms with E-state index in [-0.39, 0.29) is 24.3 Å². The normalized spacial score (nSPS) is 27.4. The van der Waals surface area contributed by atoms with Crippen molar-refractivity contribution in [3.63, 3.8) is 0 Å². The Balaban J connectivity index is 2.42. The van der Waals surface area contributed by atoms with Crippen molar-refractivity contribution in [3.05, 3.63) is 29.8 Å². The zero-order valence-corrected chi connectivity index (χ0v) is 11.5. The molecule has 1 aliphatic rings. The van der Waals surface area contributed by atoms with Crippen LogP contribution in [0.4, 0.5) is 5.69 Å². The number of hydrogen-bond acceptors (Lipinski definition) is 2. The third kappa shape index (κ3) is 2.35. The molecule has 3 atom stereocenters. The van der Waals surface area contributed by atoms with Crippen molar-refractivity contribution < 1.29 is 14.7 Å². The second-order valence-corrected chi connectivity index (χ2v) is 5.34. The topological polar surface area (TPSA) is 57.6 Å². The second kappa shape index (κ2) is 5.03. The first-order valence-electron chi connectivity index (χ1n) is 6.54. The number of aliphatic carboxylic acids is 1. The molecule has 3 unspecified atom stereocenters. The Hall–Kier alpha value is -1.84. The fourth-order valence-electron chi connectivity index (χ4n) is 3.00. The highest BCUT2D eigenvalue weighted by Gasteiger charge is 2.42. The predicted molar refractivity (Wildman–Crippen MR) is 73.0 cm³/mol. The van der Waals surface area contributed by atoms with Crippen molar-refractivity contribution in [2.75, 3.05) is 4.90 Å². The molecule has 1 N–H and O–H groups in total. The third-order valence-electron chi connectivity index (χ3n) is 3.97. The molecule has 0 bridgehead atoms. The smallest absolute Gasteiger partial charge is 0.308 e. The molecule has 1 fully saturated rings. The van der Waals surface area contributed by atoms with Gasteiger partial charge in [0.15, 0.2) is 0 Å². The zero-order chi connectivity index (χ0) is 14.2. The number of hydrogen-bond donors (Lipinski definition) is 1. The van der Waals surface area contributed by atoms with Gasteiger partial charge in [-0.25, -0.2) is 0 Å². The molecule has 4 heteroatoms. The highest BCUT2D eigenvalue weighted by Crippen LogP contribution is 2.34. The number of carboxylic acids is 1. The van der Waals surface area contributed by atoms with Crippen LogP contribution < -0.4 is 4.90 Å². The van der Waals surface area contributed by atoms with Gasteiger partial charge in [0.2, 0.25) is 5.91 Å². The number of carbonyl (C=O) groups is 2. The lowest BCUT2D eigenvalue weighted by Crippen LogP contribution is -2.53. The second-order valence-electron chi connectivity index (χ2n) is 5.34. The van der Waals surface area contributed by atoms with Gasteiger partial charge in [-0.1, -0.05) is 25.1 Å². The molecule has 102 valence electrons. The molecule has 0 aliphatic carbocycles. The number of nitrogens with zero attached hydrogens (tertiary/aromatic N) is 1. The largest absolute Gasteiger partial charge is 0.481 e. The molecule has 1 aromatic rings. The lowest BCUT2D eigenvalue weighted by atomic mass is 9.80. The van der Waals surface area contributed by atoms with E-state index < -0.39 is 11.9 Å². The lowest BCUT2D eigenvalue weighted by molar-refractivity contribution is -0.146. The van der Waals surface area contributed by atoms with Crippen LogP contribution in [0.1, 0.15) is 25.8 Å². The number of carboxylic acid groups (broad SMARTS) is 1. The minimum absolute atomic E-state index is 0.00630. The summed E-state index contributed by atoms with van der Waals surface area (Å²) < 4.78 is 0. The molecule has 1 aliphatic heterocycles. The molecule has 1 amide bonds. The lowest BCUT2D eigenvalue weighted by Gasteiger charge is -2.41. The van der Waals surface area contributed by atoms with Crippen molar-refractivity contribution in [2.24, 2.45) is 11.8 Å². The Kier molecular flexibility index (Phi) is 3.60. The Morgan fingerprint density at radius 3 is 2.53 bits per heavy atom. The SMILES string of the molecule is Cc1ccccc1N1C(=O)CC(C)C(C(=O)O)C1C. The van der Waals surface area contributed by atoms with Gasteiger partial charge >= 0.3 is 5.97 Å². The van der Waals surface area contributed by atoms with Crippen molar-refractivity contribution in [3.8, 4) is 0 Å². The molecule has 0 saturated carbocycles. The van der Waals surface area contributed by atoms with E-state index in [1.54, 1.807) is 4.90 Å². The zero-order valence-electron chi connectivity index (χ0n) is 11.5. The Morgan fingerprint density at radius 1 is 1.32 bits per heavy atom. The summed E-state index contributed by atoms with van der Waals surface area (Å²) in [5, 5.41) is 9.36. The van der Waals surface area contributed by atoms with E-state index in [1.165, 1.54) is 0 Å². The number of amides is 1. The third-order valence-corrected chi connectivity index (χ3v) is 3.97. The number of anilines is 1. The minimum atomic E-state index is -0.828. The summed E-state index contributed by atoms with van der Waals surface area (Å²) in [6.07, 6.45) is 0.287. The van der Waals surface area contributed by atoms with Gasteiger partial charge < -0.3 is 10.0 Å². The van der Waals surface area contributed by atoms with Gasteiger partial charge in [-0.3, -0.25) is 9.59 Å².